The van der Waals surface area contributed by atoms with Gasteiger partial charge < -0.3 is 15.2 Å². The van der Waals surface area contributed by atoms with E-state index in [1.807, 2.05) is 12.1 Å². The highest BCUT2D eigenvalue weighted by molar-refractivity contribution is 9.10. The lowest BCUT2D eigenvalue weighted by Crippen LogP contribution is -2.22. The molecule has 20 heavy (non-hydrogen) atoms. The molecule has 2 N–H and O–H groups in total. The summed E-state index contributed by atoms with van der Waals surface area (Å²) in [5, 5.41) is 0. The first-order valence-electron chi connectivity index (χ1n) is 7.28. The third-order valence-corrected chi connectivity index (χ3v) is 3.60. The van der Waals surface area contributed by atoms with Crippen molar-refractivity contribution in [3.8, 4) is 5.75 Å². The summed E-state index contributed by atoms with van der Waals surface area (Å²) in [6.45, 7) is 8.32. The summed E-state index contributed by atoms with van der Waals surface area (Å²) in [5.74, 6) is 1.45. The van der Waals surface area contributed by atoms with Gasteiger partial charge in [-0.3, -0.25) is 0 Å². The van der Waals surface area contributed by atoms with Crippen LogP contribution >= 0.6 is 15.9 Å². The fourth-order valence-electron chi connectivity index (χ4n) is 1.82. The van der Waals surface area contributed by atoms with Gasteiger partial charge in [0.15, 0.2) is 0 Å². The first-order valence-corrected chi connectivity index (χ1v) is 8.07. The van der Waals surface area contributed by atoms with E-state index in [1.165, 1.54) is 0 Å². The van der Waals surface area contributed by atoms with E-state index in [0.29, 0.717) is 19.1 Å². The van der Waals surface area contributed by atoms with Crippen molar-refractivity contribution in [2.24, 2.45) is 11.7 Å². The standard InChI is InChI=1S/C16H26BrNO2/c1-4-14(18)10-13-6-5-7-15(17)16(13)20-9-8-19-11-12(2)3/h5-7,12,14H,4,8-11,18H2,1-3H3. The maximum Gasteiger partial charge on any atom is 0.136 e. The normalized spacial score (nSPS) is 12.7. The number of ether oxygens (including phenoxy) is 2. The third kappa shape index (κ3) is 6.25. The molecule has 0 radical (unpaired) electrons. The zero-order valence-corrected chi connectivity index (χ0v) is 14.3. The fourth-order valence-corrected chi connectivity index (χ4v) is 2.35. The van der Waals surface area contributed by atoms with Gasteiger partial charge in [0, 0.05) is 12.6 Å². The Bertz CT molecular complexity index is 396. The van der Waals surface area contributed by atoms with Gasteiger partial charge in [0.05, 0.1) is 11.1 Å². The first kappa shape index (κ1) is 17.5. The van der Waals surface area contributed by atoms with Crippen LogP contribution in [0, 0.1) is 5.92 Å². The Morgan fingerprint density at radius 1 is 1.25 bits per heavy atom. The predicted molar refractivity (Wildman–Crippen MR) is 87.3 cm³/mol. The minimum absolute atomic E-state index is 0.170. The second-order valence-electron chi connectivity index (χ2n) is 5.42. The van der Waals surface area contributed by atoms with E-state index in [9.17, 15) is 0 Å². The van der Waals surface area contributed by atoms with Gasteiger partial charge in [-0.15, -0.1) is 0 Å². The molecule has 1 aromatic carbocycles. The van der Waals surface area contributed by atoms with Crippen LogP contribution in [-0.2, 0) is 11.2 Å². The van der Waals surface area contributed by atoms with Crippen molar-refractivity contribution in [3.63, 3.8) is 0 Å². The third-order valence-electron chi connectivity index (χ3n) is 2.98. The Labute approximate surface area is 131 Å². The second kappa shape index (κ2) is 9.37. The highest BCUT2D eigenvalue weighted by Gasteiger charge is 2.11. The molecule has 0 bridgehead atoms. The first-order chi connectivity index (χ1) is 9.54. The summed E-state index contributed by atoms with van der Waals surface area (Å²) in [7, 11) is 0. The van der Waals surface area contributed by atoms with Crippen molar-refractivity contribution < 1.29 is 9.47 Å². The molecule has 114 valence electrons. The molecule has 0 aliphatic rings. The summed E-state index contributed by atoms with van der Waals surface area (Å²) in [5.41, 5.74) is 7.19. The molecule has 0 spiro atoms. The molecule has 1 rings (SSSR count). The van der Waals surface area contributed by atoms with Crippen LogP contribution in [0.3, 0.4) is 0 Å². The van der Waals surface area contributed by atoms with Gasteiger partial charge in [-0.05, 0) is 46.3 Å². The van der Waals surface area contributed by atoms with Crippen molar-refractivity contribution in [1.82, 2.24) is 0 Å². The van der Waals surface area contributed by atoms with Crippen LogP contribution in [0.4, 0.5) is 0 Å². The fraction of sp³-hybridized carbons (Fsp3) is 0.625. The molecule has 0 aromatic heterocycles. The van der Waals surface area contributed by atoms with E-state index in [-0.39, 0.29) is 6.04 Å². The van der Waals surface area contributed by atoms with Gasteiger partial charge in [-0.2, -0.15) is 0 Å². The van der Waals surface area contributed by atoms with E-state index in [0.717, 1.165) is 35.2 Å². The molecular formula is C16H26BrNO2. The second-order valence-corrected chi connectivity index (χ2v) is 6.27. The Morgan fingerprint density at radius 2 is 2.00 bits per heavy atom. The molecule has 0 saturated heterocycles. The van der Waals surface area contributed by atoms with E-state index in [2.05, 4.69) is 42.8 Å². The molecule has 1 atom stereocenters. The molecular weight excluding hydrogens is 318 g/mol. The number of rotatable bonds is 9. The number of benzene rings is 1. The molecule has 0 aliphatic heterocycles. The Balaban J connectivity index is 2.54. The van der Waals surface area contributed by atoms with Crippen molar-refractivity contribution in [3.05, 3.63) is 28.2 Å². The molecule has 1 unspecified atom stereocenters. The lowest BCUT2D eigenvalue weighted by Gasteiger charge is -2.16. The lowest BCUT2D eigenvalue weighted by molar-refractivity contribution is 0.0814. The summed E-state index contributed by atoms with van der Waals surface area (Å²) < 4.78 is 12.4. The average Bonchev–Trinajstić information content (AvgIpc) is 2.40. The van der Waals surface area contributed by atoms with Crippen LogP contribution in [0.25, 0.3) is 0 Å². The molecule has 0 fully saturated rings. The Kier molecular flexibility index (Phi) is 8.19. The zero-order chi connectivity index (χ0) is 15.0. The van der Waals surface area contributed by atoms with Crippen LogP contribution < -0.4 is 10.5 Å². The van der Waals surface area contributed by atoms with Crippen LogP contribution in [0.2, 0.25) is 0 Å². The number of halogens is 1. The van der Waals surface area contributed by atoms with Crippen molar-refractivity contribution in [2.45, 2.75) is 39.7 Å². The van der Waals surface area contributed by atoms with E-state index in [4.69, 9.17) is 15.2 Å². The van der Waals surface area contributed by atoms with Crippen LogP contribution in [-0.4, -0.2) is 25.9 Å². The molecule has 1 aromatic rings. The van der Waals surface area contributed by atoms with Gasteiger partial charge in [-0.25, -0.2) is 0 Å². The molecule has 4 heteroatoms. The summed E-state index contributed by atoms with van der Waals surface area (Å²) in [6, 6.07) is 6.25. The SMILES string of the molecule is CCC(N)Cc1cccc(Br)c1OCCOCC(C)C. The molecule has 3 nitrogen and oxygen atoms in total. The van der Waals surface area contributed by atoms with Crippen molar-refractivity contribution in [2.75, 3.05) is 19.8 Å². The number of para-hydroxylation sites is 1. The zero-order valence-electron chi connectivity index (χ0n) is 12.7. The predicted octanol–water partition coefficient (Wildman–Crippen LogP) is 3.78. The topological polar surface area (TPSA) is 44.5 Å². The van der Waals surface area contributed by atoms with Gasteiger partial charge in [0.2, 0.25) is 0 Å². The van der Waals surface area contributed by atoms with E-state index < -0.39 is 0 Å². The molecule has 0 amide bonds. The number of nitrogens with two attached hydrogens (primary N) is 1. The smallest absolute Gasteiger partial charge is 0.136 e. The van der Waals surface area contributed by atoms with Crippen LogP contribution in [0.1, 0.15) is 32.8 Å². The lowest BCUT2D eigenvalue weighted by atomic mass is 10.0. The minimum Gasteiger partial charge on any atom is -0.490 e. The van der Waals surface area contributed by atoms with Gasteiger partial charge in [-0.1, -0.05) is 32.9 Å². The summed E-state index contributed by atoms with van der Waals surface area (Å²) in [4.78, 5) is 0. The summed E-state index contributed by atoms with van der Waals surface area (Å²) in [6.07, 6.45) is 1.79. The Hall–Kier alpha value is -0.580. The van der Waals surface area contributed by atoms with E-state index >= 15 is 0 Å². The monoisotopic (exact) mass is 343 g/mol. The highest BCUT2D eigenvalue weighted by Crippen LogP contribution is 2.30. The maximum atomic E-state index is 6.04. The largest absolute Gasteiger partial charge is 0.490 e. The minimum atomic E-state index is 0.170. The molecule has 0 aliphatic carbocycles. The van der Waals surface area contributed by atoms with E-state index in [1.54, 1.807) is 0 Å². The average molecular weight is 344 g/mol. The van der Waals surface area contributed by atoms with Gasteiger partial charge in [0.25, 0.3) is 0 Å². The Morgan fingerprint density at radius 3 is 2.65 bits per heavy atom. The van der Waals surface area contributed by atoms with Gasteiger partial charge >= 0.3 is 0 Å². The quantitative estimate of drug-likeness (QED) is 0.694. The maximum absolute atomic E-state index is 6.04. The van der Waals surface area contributed by atoms with Crippen molar-refractivity contribution >= 4 is 15.9 Å². The van der Waals surface area contributed by atoms with Crippen LogP contribution in [0.15, 0.2) is 22.7 Å². The summed E-state index contributed by atoms with van der Waals surface area (Å²) >= 11 is 3.54. The van der Waals surface area contributed by atoms with Crippen LogP contribution in [0.5, 0.6) is 5.75 Å². The van der Waals surface area contributed by atoms with Crippen molar-refractivity contribution in [1.29, 1.82) is 0 Å². The van der Waals surface area contributed by atoms with Gasteiger partial charge in [0.1, 0.15) is 12.4 Å². The highest BCUT2D eigenvalue weighted by atomic mass is 79.9. The number of hydrogen-bond donors (Lipinski definition) is 1. The molecule has 0 heterocycles. The molecule has 0 saturated carbocycles. The number of hydrogen-bond acceptors (Lipinski definition) is 3.